The molecule has 0 bridgehead atoms. The van der Waals surface area contributed by atoms with E-state index in [2.05, 4.69) is 26.1 Å². The highest BCUT2D eigenvalue weighted by molar-refractivity contribution is 6.36. The number of anilines is 2. The predicted octanol–water partition coefficient (Wildman–Crippen LogP) is 4.89. The lowest BCUT2D eigenvalue weighted by Gasteiger charge is -2.41. The van der Waals surface area contributed by atoms with Gasteiger partial charge in [-0.2, -0.15) is 9.97 Å². The lowest BCUT2D eigenvalue weighted by molar-refractivity contribution is -0.131. The van der Waals surface area contributed by atoms with E-state index in [0.29, 0.717) is 50.4 Å². The molecule has 13 heteroatoms. The molecule has 48 heavy (non-hydrogen) atoms. The molecular weight excluding hydrogens is 640 g/mol. The average molecular weight is 678 g/mol. The number of nitrogens with zero attached hydrogens (tertiary/aromatic N) is 7. The average Bonchev–Trinajstić information content (AvgIpc) is 3.85. The van der Waals surface area contributed by atoms with E-state index >= 15 is 0 Å². The smallest absolute Gasteiger partial charge is 0.318 e. The minimum Gasteiger partial charge on any atom is -0.463 e. The Kier molecular flexibility index (Phi) is 8.87. The second kappa shape index (κ2) is 13.1. The first kappa shape index (κ1) is 32.5. The highest BCUT2D eigenvalue weighted by Gasteiger charge is 2.47. The van der Waals surface area contributed by atoms with Crippen molar-refractivity contribution in [2.24, 2.45) is 5.41 Å². The van der Waals surface area contributed by atoms with Crippen molar-refractivity contribution in [2.75, 3.05) is 75.9 Å². The number of aromatic nitrogens is 2. The molecule has 1 aliphatic carbocycles. The SMILES string of the molecule is [C-]#[N+]C[C@H]1CN(c2nc(OCC3(CN4CC(OC)C4)CC3)nc3c2CCN(c2cccc4ccc(F)c(Cl)c24)C3)CCN1C(=O)C(=C)F. The highest BCUT2D eigenvalue weighted by Crippen LogP contribution is 2.47. The lowest BCUT2D eigenvalue weighted by Crippen LogP contribution is -2.57. The molecule has 252 valence electrons. The number of hydrogen-bond donors (Lipinski definition) is 0. The molecule has 3 aliphatic heterocycles. The Hall–Kier alpha value is -4.05. The third-order valence-corrected chi connectivity index (χ3v) is 10.5. The first-order chi connectivity index (χ1) is 23.2. The van der Waals surface area contributed by atoms with Gasteiger partial charge in [-0.25, -0.2) is 15.4 Å². The van der Waals surface area contributed by atoms with Gasteiger partial charge in [0.25, 0.3) is 5.91 Å². The lowest BCUT2D eigenvalue weighted by atomic mass is 10.0. The van der Waals surface area contributed by atoms with Crippen LogP contribution in [0.3, 0.4) is 0 Å². The summed E-state index contributed by atoms with van der Waals surface area (Å²) in [6.07, 6.45) is 3.02. The molecule has 1 saturated carbocycles. The number of likely N-dealkylation sites (tertiary alicyclic amines) is 1. The number of benzene rings is 2. The van der Waals surface area contributed by atoms with Gasteiger partial charge in [-0.1, -0.05) is 36.4 Å². The number of methoxy groups -OCH3 is 1. The molecule has 4 heterocycles. The van der Waals surface area contributed by atoms with Gasteiger partial charge in [-0.15, -0.1) is 0 Å². The fourth-order valence-electron chi connectivity index (χ4n) is 7.22. The van der Waals surface area contributed by atoms with E-state index in [1.54, 1.807) is 13.2 Å². The molecule has 1 aromatic heterocycles. The number of carbonyl (C=O) groups is 1. The van der Waals surface area contributed by atoms with Crippen LogP contribution in [-0.4, -0.2) is 104 Å². The molecule has 4 aliphatic rings. The fraction of sp³-hybridized carbons (Fsp3) is 0.486. The van der Waals surface area contributed by atoms with Crippen molar-refractivity contribution in [2.45, 2.75) is 38.0 Å². The Bertz CT molecular complexity index is 1790. The van der Waals surface area contributed by atoms with E-state index in [4.69, 9.17) is 37.6 Å². The quantitative estimate of drug-likeness (QED) is 0.222. The standard InChI is InChI=1S/C35H38ClF2N7O3/c1-22(37)33(46)45-14-13-44(16-24(45)15-39-2)32-26-9-12-43(29-6-4-5-23-7-8-27(38)31(36)30(23)29)19-28(26)40-34(41-32)48-21-35(10-11-35)20-42-17-25(18-42)47-3/h4-8,24-25H,1,9-21H2,3H3/t24-/m0/s1. The van der Waals surface area contributed by atoms with E-state index < -0.39 is 23.6 Å². The molecular formula is C35H38ClF2N7O3. The largest absolute Gasteiger partial charge is 0.463 e. The van der Waals surface area contributed by atoms with Crippen LogP contribution in [0.1, 0.15) is 24.1 Å². The van der Waals surface area contributed by atoms with Crippen LogP contribution >= 0.6 is 11.6 Å². The van der Waals surface area contributed by atoms with Crippen LogP contribution in [0.4, 0.5) is 20.3 Å². The molecule has 1 atom stereocenters. The van der Waals surface area contributed by atoms with Gasteiger partial charge in [0, 0.05) is 75.0 Å². The Balaban J connectivity index is 1.19. The molecule has 3 fully saturated rings. The van der Waals surface area contributed by atoms with Crippen LogP contribution in [-0.2, 0) is 22.5 Å². The van der Waals surface area contributed by atoms with E-state index in [-0.39, 0.29) is 35.6 Å². The zero-order valence-electron chi connectivity index (χ0n) is 26.9. The molecule has 2 aromatic carbocycles. The number of piperazine rings is 1. The van der Waals surface area contributed by atoms with Crippen molar-refractivity contribution < 1.29 is 23.0 Å². The normalized spacial score (nSPS) is 20.6. The summed E-state index contributed by atoms with van der Waals surface area (Å²) < 4.78 is 40.3. The first-order valence-electron chi connectivity index (χ1n) is 16.3. The van der Waals surface area contributed by atoms with Crippen LogP contribution in [0.15, 0.2) is 42.7 Å². The van der Waals surface area contributed by atoms with Crippen molar-refractivity contribution in [3.63, 3.8) is 0 Å². The maximum atomic E-state index is 14.6. The van der Waals surface area contributed by atoms with Crippen LogP contribution in [0.2, 0.25) is 5.02 Å². The maximum absolute atomic E-state index is 14.6. The molecule has 0 N–H and O–H groups in total. The topological polar surface area (TPSA) is 78.6 Å². The number of carbonyl (C=O) groups excluding carboxylic acids is 1. The molecule has 0 radical (unpaired) electrons. The van der Waals surface area contributed by atoms with E-state index in [1.807, 2.05) is 18.2 Å². The molecule has 3 aromatic rings. The number of rotatable bonds is 10. The summed E-state index contributed by atoms with van der Waals surface area (Å²) in [4.78, 5) is 34.0. The van der Waals surface area contributed by atoms with Gasteiger partial charge < -0.3 is 29.0 Å². The summed E-state index contributed by atoms with van der Waals surface area (Å²) in [6.45, 7) is 15.9. The van der Waals surface area contributed by atoms with Crippen LogP contribution in [0, 0.1) is 17.8 Å². The predicted molar refractivity (Wildman–Crippen MR) is 180 cm³/mol. The summed E-state index contributed by atoms with van der Waals surface area (Å²) in [5.41, 5.74) is 2.62. The molecule has 10 nitrogen and oxygen atoms in total. The van der Waals surface area contributed by atoms with Gasteiger partial charge in [0.1, 0.15) is 17.7 Å². The molecule has 0 spiro atoms. The van der Waals surface area contributed by atoms with Crippen molar-refractivity contribution >= 4 is 39.8 Å². The van der Waals surface area contributed by atoms with Crippen LogP contribution in [0.5, 0.6) is 6.01 Å². The fourth-order valence-corrected chi connectivity index (χ4v) is 7.49. The monoisotopic (exact) mass is 677 g/mol. The van der Waals surface area contributed by atoms with Crippen LogP contribution in [0.25, 0.3) is 15.6 Å². The van der Waals surface area contributed by atoms with Crippen LogP contribution < -0.4 is 14.5 Å². The van der Waals surface area contributed by atoms with Gasteiger partial charge in [-0.3, -0.25) is 9.69 Å². The van der Waals surface area contributed by atoms with Gasteiger partial charge >= 0.3 is 6.01 Å². The highest BCUT2D eigenvalue weighted by atomic mass is 35.5. The number of hydrogen-bond acceptors (Lipinski definition) is 8. The van der Waals surface area contributed by atoms with Gasteiger partial charge in [0.05, 0.1) is 30.0 Å². The molecule has 2 saturated heterocycles. The third kappa shape index (κ3) is 6.27. The number of amides is 1. The maximum Gasteiger partial charge on any atom is 0.318 e. The summed E-state index contributed by atoms with van der Waals surface area (Å²) >= 11 is 6.51. The Morgan fingerprint density at radius 2 is 1.96 bits per heavy atom. The number of ether oxygens (including phenoxy) is 2. The molecule has 7 rings (SSSR count). The van der Waals surface area contributed by atoms with Gasteiger partial charge in [0.15, 0.2) is 5.83 Å². The Morgan fingerprint density at radius 1 is 1.15 bits per heavy atom. The molecule has 0 unspecified atom stereocenters. The third-order valence-electron chi connectivity index (χ3n) is 10.1. The summed E-state index contributed by atoms with van der Waals surface area (Å²) in [7, 11) is 1.75. The zero-order chi connectivity index (χ0) is 33.6. The van der Waals surface area contributed by atoms with E-state index in [9.17, 15) is 13.6 Å². The van der Waals surface area contributed by atoms with Crippen molar-refractivity contribution in [1.29, 1.82) is 0 Å². The summed E-state index contributed by atoms with van der Waals surface area (Å²) in [5.74, 6) is -1.59. The van der Waals surface area contributed by atoms with E-state index in [1.165, 1.54) is 11.0 Å². The Labute approximate surface area is 283 Å². The zero-order valence-corrected chi connectivity index (χ0v) is 27.7. The van der Waals surface area contributed by atoms with Gasteiger partial charge in [-0.05, 0) is 36.8 Å². The summed E-state index contributed by atoms with van der Waals surface area (Å²) in [5, 5.41) is 1.59. The minimum absolute atomic E-state index is 0.0290. The van der Waals surface area contributed by atoms with Gasteiger partial charge in [0.2, 0.25) is 6.54 Å². The minimum atomic E-state index is -1.04. The first-order valence-corrected chi connectivity index (χ1v) is 16.7. The molecule has 1 amide bonds. The summed E-state index contributed by atoms with van der Waals surface area (Å²) in [6, 6.07) is 8.66. The van der Waals surface area contributed by atoms with Crippen molar-refractivity contribution in [3.05, 3.63) is 76.3 Å². The second-order valence-corrected chi connectivity index (χ2v) is 13.7. The number of halogens is 3. The Morgan fingerprint density at radius 3 is 2.69 bits per heavy atom. The second-order valence-electron chi connectivity index (χ2n) is 13.3. The number of fused-ring (bicyclic) bond motifs is 2. The van der Waals surface area contributed by atoms with E-state index in [0.717, 1.165) is 54.8 Å². The van der Waals surface area contributed by atoms with Crippen molar-refractivity contribution in [1.82, 2.24) is 19.8 Å². The van der Waals surface area contributed by atoms with Crippen molar-refractivity contribution in [3.8, 4) is 6.01 Å².